The molecule has 0 aromatic rings. The first-order valence-electron chi connectivity index (χ1n) is 5.39. The average molecular weight is 211 g/mol. The molecular formula is C11H21N3O. The van der Waals surface area contributed by atoms with Crippen LogP contribution in [-0.4, -0.2) is 29.7 Å². The van der Waals surface area contributed by atoms with Crippen molar-refractivity contribution in [1.82, 2.24) is 4.90 Å². The highest BCUT2D eigenvalue weighted by Crippen LogP contribution is 2.17. The number of piperidine rings is 1. The van der Waals surface area contributed by atoms with E-state index in [0.29, 0.717) is 5.92 Å². The van der Waals surface area contributed by atoms with Crippen LogP contribution in [0.15, 0.2) is 23.7 Å². The molecule has 1 fully saturated rings. The van der Waals surface area contributed by atoms with E-state index in [-0.39, 0.29) is 6.61 Å². The number of allylic oxidation sites excluding steroid dienone is 3. The van der Waals surface area contributed by atoms with Crippen LogP contribution >= 0.6 is 0 Å². The second-order valence-electron chi connectivity index (χ2n) is 4.14. The molecule has 5 N–H and O–H groups in total. The zero-order chi connectivity index (χ0) is 11.3. The largest absolute Gasteiger partial charge is 0.402 e. The molecule has 0 aromatic carbocycles. The van der Waals surface area contributed by atoms with Crippen LogP contribution in [0.25, 0.3) is 0 Å². The first-order valence-corrected chi connectivity index (χ1v) is 5.39. The Kier molecular flexibility index (Phi) is 4.49. The maximum Gasteiger partial charge on any atom is 0.0987 e. The second kappa shape index (κ2) is 5.66. The fourth-order valence-corrected chi connectivity index (χ4v) is 1.77. The Labute approximate surface area is 91.2 Å². The number of hydrogen-bond acceptors (Lipinski definition) is 4. The highest BCUT2D eigenvalue weighted by Gasteiger charge is 2.19. The lowest BCUT2D eigenvalue weighted by molar-refractivity contribution is 0.142. The highest BCUT2D eigenvalue weighted by molar-refractivity contribution is 5.12. The van der Waals surface area contributed by atoms with Gasteiger partial charge in [-0.05, 0) is 37.8 Å². The summed E-state index contributed by atoms with van der Waals surface area (Å²) in [6.07, 6.45) is 5.81. The molecule has 1 rings (SSSR count). The molecule has 0 amide bonds. The molecule has 1 atom stereocenters. The number of nitrogens with two attached hydrogens (primary N) is 2. The van der Waals surface area contributed by atoms with Gasteiger partial charge in [-0.15, -0.1) is 0 Å². The second-order valence-corrected chi connectivity index (χ2v) is 4.14. The molecule has 1 heterocycles. The predicted molar refractivity (Wildman–Crippen MR) is 61.6 cm³/mol. The maximum atomic E-state index is 9.09. The van der Waals surface area contributed by atoms with Gasteiger partial charge in [0, 0.05) is 25.4 Å². The lowest BCUT2D eigenvalue weighted by Gasteiger charge is -2.33. The molecule has 15 heavy (non-hydrogen) atoms. The van der Waals surface area contributed by atoms with E-state index in [2.05, 4.69) is 4.90 Å². The van der Waals surface area contributed by atoms with E-state index < -0.39 is 0 Å². The van der Waals surface area contributed by atoms with Crippen LogP contribution in [-0.2, 0) is 0 Å². The summed E-state index contributed by atoms with van der Waals surface area (Å²) in [7, 11) is 0. The van der Waals surface area contributed by atoms with Crippen LogP contribution in [0.3, 0.4) is 0 Å². The Hall–Kier alpha value is -1.16. The van der Waals surface area contributed by atoms with E-state index in [1.165, 1.54) is 0 Å². The topological polar surface area (TPSA) is 75.5 Å². The van der Waals surface area contributed by atoms with Gasteiger partial charge in [-0.25, -0.2) is 0 Å². The molecule has 1 aliphatic rings. The van der Waals surface area contributed by atoms with E-state index in [0.717, 1.165) is 37.4 Å². The van der Waals surface area contributed by atoms with Crippen molar-refractivity contribution in [3.8, 4) is 0 Å². The van der Waals surface area contributed by atoms with Gasteiger partial charge < -0.3 is 21.5 Å². The predicted octanol–water partition coefficient (Wildman–Crippen LogP) is 0.353. The summed E-state index contributed by atoms with van der Waals surface area (Å²) in [4.78, 5) is 2.10. The van der Waals surface area contributed by atoms with E-state index in [1.807, 2.05) is 13.0 Å². The fourth-order valence-electron chi connectivity index (χ4n) is 1.77. The first kappa shape index (κ1) is 11.9. The minimum absolute atomic E-state index is 0.246. The SMILES string of the molecule is C/C(N)=C/C=C(\N)N1CCCC(CO)C1. The van der Waals surface area contributed by atoms with Crippen molar-refractivity contribution >= 4 is 0 Å². The van der Waals surface area contributed by atoms with E-state index in [9.17, 15) is 0 Å². The summed E-state index contributed by atoms with van der Waals surface area (Å²) in [5.74, 6) is 1.09. The molecule has 4 nitrogen and oxygen atoms in total. The molecule has 0 saturated carbocycles. The number of hydrogen-bond donors (Lipinski definition) is 3. The van der Waals surface area contributed by atoms with Crippen molar-refractivity contribution in [3.63, 3.8) is 0 Å². The number of aliphatic hydroxyl groups excluding tert-OH is 1. The summed E-state index contributed by atoms with van der Waals surface area (Å²) in [5.41, 5.74) is 12.2. The van der Waals surface area contributed by atoms with Gasteiger partial charge in [-0.3, -0.25) is 0 Å². The zero-order valence-electron chi connectivity index (χ0n) is 9.32. The normalized spacial score (nSPS) is 24.4. The Morgan fingerprint density at radius 3 is 2.80 bits per heavy atom. The average Bonchev–Trinajstić information content (AvgIpc) is 2.26. The smallest absolute Gasteiger partial charge is 0.0987 e. The summed E-state index contributed by atoms with van der Waals surface area (Å²) in [6, 6.07) is 0. The van der Waals surface area contributed by atoms with Gasteiger partial charge in [0.05, 0.1) is 5.82 Å². The monoisotopic (exact) mass is 211 g/mol. The van der Waals surface area contributed by atoms with Crippen molar-refractivity contribution in [2.75, 3.05) is 19.7 Å². The molecular weight excluding hydrogens is 190 g/mol. The van der Waals surface area contributed by atoms with Crippen molar-refractivity contribution in [2.45, 2.75) is 19.8 Å². The van der Waals surface area contributed by atoms with E-state index in [1.54, 1.807) is 6.08 Å². The van der Waals surface area contributed by atoms with Gasteiger partial charge in [-0.1, -0.05) is 0 Å². The molecule has 1 unspecified atom stereocenters. The lowest BCUT2D eigenvalue weighted by Crippen LogP contribution is -2.38. The number of aliphatic hydroxyl groups is 1. The molecule has 0 spiro atoms. The molecule has 0 radical (unpaired) electrons. The minimum Gasteiger partial charge on any atom is -0.402 e. The van der Waals surface area contributed by atoms with Gasteiger partial charge in [0.1, 0.15) is 0 Å². The molecule has 0 aromatic heterocycles. The standard InChI is InChI=1S/C11H21N3O/c1-9(12)4-5-11(13)14-6-2-3-10(7-14)8-15/h4-5,10,15H,2-3,6-8,12-13H2,1H3/b9-4-,11-5+. The third kappa shape index (κ3) is 3.83. The van der Waals surface area contributed by atoms with Crippen LogP contribution in [0.1, 0.15) is 19.8 Å². The quantitative estimate of drug-likeness (QED) is 0.589. The molecule has 86 valence electrons. The molecule has 1 aliphatic heterocycles. The van der Waals surface area contributed by atoms with E-state index in [4.69, 9.17) is 16.6 Å². The molecule has 4 heteroatoms. The van der Waals surface area contributed by atoms with Crippen LogP contribution in [0, 0.1) is 5.92 Å². The number of rotatable bonds is 3. The Bertz CT molecular complexity index is 257. The zero-order valence-corrected chi connectivity index (χ0v) is 9.32. The Morgan fingerprint density at radius 2 is 2.20 bits per heavy atom. The van der Waals surface area contributed by atoms with Crippen molar-refractivity contribution in [3.05, 3.63) is 23.7 Å². The van der Waals surface area contributed by atoms with Gasteiger partial charge in [0.15, 0.2) is 0 Å². The van der Waals surface area contributed by atoms with Gasteiger partial charge >= 0.3 is 0 Å². The van der Waals surface area contributed by atoms with Crippen LogP contribution < -0.4 is 11.5 Å². The number of nitrogens with zero attached hydrogens (tertiary/aromatic N) is 1. The molecule has 1 saturated heterocycles. The number of likely N-dealkylation sites (tertiary alicyclic amines) is 1. The minimum atomic E-state index is 0.246. The summed E-state index contributed by atoms with van der Waals surface area (Å²) >= 11 is 0. The molecule has 0 aliphatic carbocycles. The van der Waals surface area contributed by atoms with Crippen molar-refractivity contribution < 1.29 is 5.11 Å². The summed E-state index contributed by atoms with van der Waals surface area (Å²) < 4.78 is 0. The molecule has 0 bridgehead atoms. The van der Waals surface area contributed by atoms with E-state index >= 15 is 0 Å². The summed E-state index contributed by atoms with van der Waals surface area (Å²) in [6.45, 7) is 3.89. The fraction of sp³-hybridized carbons (Fsp3) is 0.636. The third-order valence-electron chi connectivity index (χ3n) is 2.66. The highest BCUT2D eigenvalue weighted by atomic mass is 16.3. The van der Waals surface area contributed by atoms with Crippen LogP contribution in [0.5, 0.6) is 0 Å². The Morgan fingerprint density at radius 1 is 1.47 bits per heavy atom. The van der Waals surface area contributed by atoms with Crippen molar-refractivity contribution in [2.24, 2.45) is 17.4 Å². The van der Waals surface area contributed by atoms with Crippen molar-refractivity contribution in [1.29, 1.82) is 0 Å². The lowest BCUT2D eigenvalue weighted by atomic mass is 9.99. The van der Waals surface area contributed by atoms with Gasteiger partial charge in [-0.2, -0.15) is 0 Å². The van der Waals surface area contributed by atoms with Gasteiger partial charge in [0.2, 0.25) is 0 Å². The van der Waals surface area contributed by atoms with Gasteiger partial charge in [0.25, 0.3) is 0 Å². The summed E-state index contributed by atoms with van der Waals surface area (Å²) in [5, 5.41) is 9.09. The van der Waals surface area contributed by atoms with Crippen LogP contribution in [0.4, 0.5) is 0 Å². The maximum absolute atomic E-state index is 9.09. The van der Waals surface area contributed by atoms with Crippen LogP contribution in [0.2, 0.25) is 0 Å². The third-order valence-corrected chi connectivity index (χ3v) is 2.66. The first-order chi connectivity index (χ1) is 7.13. The Balaban J connectivity index is 2.55.